The summed E-state index contributed by atoms with van der Waals surface area (Å²) >= 11 is 12.4. The van der Waals surface area contributed by atoms with Crippen molar-refractivity contribution >= 4 is 23.2 Å². The van der Waals surface area contributed by atoms with E-state index in [1.807, 2.05) is 42.5 Å². The van der Waals surface area contributed by atoms with Crippen molar-refractivity contribution in [3.63, 3.8) is 0 Å². The first-order valence-corrected chi connectivity index (χ1v) is 6.06. The minimum absolute atomic E-state index is 0.233. The zero-order valence-corrected chi connectivity index (χ0v) is 10.9. The van der Waals surface area contributed by atoms with Gasteiger partial charge in [0.05, 0.1) is 12.5 Å². The highest BCUT2D eigenvalue weighted by atomic mass is 35.5. The minimum atomic E-state index is -0.233. The molecule has 0 aliphatic carbocycles. The Morgan fingerprint density at radius 2 is 1.76 bits per heavy atom. The molecule has 0 amide bonds. The first kappa shape index (κ1) is 12.3. The Labute approximate surface area is 111 Å². The van der Waals surface area contributed by atoms with Gasteiger partial charge >= 0.3 is 0 Å². The molecule has 0 saturated carbocycles. The summed E-state index contributed by atoms with van der Waals surface area (Å²) in [6, 6.07) is 15.4. The van der Waals surface area contributed by atoms with Crippen LogP contribution < -0.4 is 4.74 Å². The average Bonchev–Trinajstić information content (AvgIpc) is 2.39. The molecule has 0 heterocycles. The molecule has 0 aromatic heterocycles. The SMILES string of the molecule is COc1cc(Cl)ccc1C(Cl)c1ccccc1. The summed E-state index contributed by atoms with van der Waals surface area (Å²) in [5.41, 5.74) is 1.96. The number of hydrogen-bond acceptors (Lipinski definition) is 1. The third-order valence-corrected chi connectivity index (χ3v) is 3.28. The standard InChI is InChI=1S/C14H12Cl2O/c1-17-13-9-11(15)7-8-12(13)14(16)10-5-3-2-4-6-10/h2-9,14H,1H3. The van der Waals surface area contributed by atoms with E-state index in [4.69, 9.17) is 27.9 Å². The van der Waals surface area contributed by atoms with Gasteiger partial charge in [-0.2, -0.15) is 0 Å². The van der Waals surface area contributed by atoms with E-state index < -0.39 is 0 Å². The van der Waals surface area contributed by atoms with Gasteiger partial charge in [-0.15, -0.1) is 11.6 Å². The molecule has 3 heteroatoms. The molecular weight excluding hydrogens is 255 g/mol. The Hall–Kier alpha value is -1.18. The summed E-state index contributed by atoms with van der Waals surface area (Å²) in [4.78, 5) is 0. The van der Waals surface area contributed by atoms with Crippen LogP contribution in [0.2, 0.25) is 5.02 Å². The molecule has 0 aliphatic rings. The Kier molecular flexibility index (Phi) is 3.93. The van der Waals surface area contributed by atoms with Crippen molar-refractivity contribution < 1.29 is 4.74 Å². The molecule has 0 N–H and O–H groups in total. The molecule has 88 valence electrons. The van der Waals surface area contributed by atoms with Gasteiger partial charge < -0.3 is 4.74 Å². The van der Waals surface area contributed by atoms with Crippen LogP contribution in [0, 0.1) is 0 Å². The van der Waals surface area contributed by atoms with Crippen LogP contribution in [0.15, 0.2) is 48.5 Å². The maximum atomic E-state index is 6.44. The van der Waals surface area contributed by atoms with Crippen molar-refractivity contribution in [2.24, 2.45) is 0 Å². The minimum Gasteiger partial charge on any atom is -0.496 e. The molecule has 0 fully saturated rings. The number of hydrogen-bond donors (Lipinski definition) is 0. The Bertz CT molecular complexity index is 497. The molecule has 0 aliphatic heterocycles. The lowest BCUT2D eigenvalue weighted by Gasteiger charge is -2.14. The maximum absolute atomic E-state index is 6.44. The summed E-state index contributed by atoms with van der Waals surface area (Å²) in [6.45, 7) is 0. The largest absolute Gasteiger partial charge is 0.496 e. The van der Waals surface area contributed by atoms with Gasteiger partial charge in [-0.25, -0.2) is 0 Å². The molecule has 1 nitrogen and oxygen atoms in total. The monoisotopic (exact) mass is 266 g/mol. The number of rotatable bonds is 3. The highest BCUT2D eigenvalue weighted by Crippen LogP contribution is 2.36. The van der Waals surface area contributed by atoms with Crippen molar-refractivity contribution in [2.45, 2.75) is 5.38 Å². The summed E-state index contributed by atoms with van der Waals surface area (Å²) in [7, 11) is 1.61. The van der Waals surface area contributed by atoms with E-state index in [0.29, 0.717) is 10.8 Å². The summed E-state index contributed by atoms with van der Waals surface area (Å²) in [6.07, 6.45) is 0. The van der Waals surface area contributed by atoms with Gasteiger partial charge in [0.15, 0.2) is 0 Å². The molecule has 0 radical (unpaired) electrons. The third-order valence-electron chi connectivity index (χ3n) is 2.56. The molecule has 2 aromatic carbocycles. The Morgan fingerprint density at radius 1 is 1.06 bits per heavy atom. The van der Waals surface area contributed by atoms with E-state index in [1.165, 1.54) is 0 Å². The van der Waals surface area contributed by atoms with Gasteiger partial charge in [0.1, 0.15) is 5.75 Å². The molecule has 1 atom stereocenters. The first-order valence-electron chi connectivity index (χ1n) is 5.25. The van der Waals surface area contributed by atoms with Crippen LogP contribution in [-0.4, -0.2) is 7.11 Å². The summed E-state index contributed by atoms with van der Waals surface area (Å²) in [5, 5.41) is 0.408. The molecule has 1 unspecified atom stereocenters. The predicted octanol–water partition coefficient (Wildman–Crippen LogP) is 4.68. The van der Waals surface area contributed by atoms with Crippen molar-refractivity contribution in [1.82, 2.24) is 0 Å². The maximum Gasteiger partial charge on any atom is 0.125 e. The van der Waals surface area contributed by atoms with Crippen LogP contribution in [0.25, 0.3) is 0 Å². The molecule has 0 saturated heterocycles. The van der Waals surface area contributed by atoms with Crippen LogP contribution in [-0.2, 0) is 0 Å². The van der Waals surface area contributed by atoms with Crippen molar-refractivity contribution in [2.75, 3.05) is 7.11 Å². The number of methoxy groups -OCH3 is 1. The van der Waals surface area contributed by atoms with Crippen molar-refractivity contribution in [3.8, 4) is 5.75 Å². The van der Waals surface area contributed by atoms with E-state index in [2.05, 4.69) is 0 Å². The van der Waals surface area contributed by atoms with Gasteiger partial charge in [-0.1, -0.05) is 48.0 Å². The zero-order chi connectivity index (χ0) is 12.3. The fraction of sp³-hybridized carbons (Fsp3) is 0.143. The van der Waals surface area contributed by atoms with Crippen LogP contribution in [0.3, 0.4) is 0 Å². The highest BCUT2D eigenvalue weighted by Gasteiger charge is 2.15. The molecule has 2 aromatic rings. The normalized spacial score (nSPS) is 12.2. The van der Waals surface area contributed by atoms with E-state index in [0.717, 1.165) is 11.1 Å². The first-order chi connectivity index (χ1) is 8.22. The fourth-order valence-electron chi connectivity index (χ4n) is 1.70. The molecular formula is C14H12Cl2O. The number of benzene rings is 2. The van der Waals surface area contributed by atoms with Gasteiger partial charge in [0, 0.05) is 10.6 Å². The van der Waals surface area contributed by atoms with E-state index in [-0.39, 0.29) is 5.38 Å². The van der Waals surface area contributed by atoms with Gasteiger partial charge in [-0.3, -0.25) is 0 Å². The van der Waals surface area contributed by atoms with Crippen molar-refractivity contribution in [3.05, 3.63) is 64.7 Å². The summed E-state index contributed by atoms with van der Waals surface area (Å²) < 4.78 is 5.30. The second-order valence-electron chi connectivity index (χ2n) is 3.66. The third kappa shape index (κ3) is 2.74. The lowest BCUT2D eigenvalue weighted by atomic mass is 10.0. The fourth-order valence-corrected chi connectivity index (χ4v) is 2.18. The van der Waals surface area contributed by atoms with Gasteiger partial charge in [0.25, 0.3) is 0 Å². The van der Waals surface area contributed by atoms with Crippen molar-refractivity contribution in [1.29, 1.82) is 0 Å². The van der Waals surface area contributed by atoms with E-state index >= 15 is 0 Å². The van der Waals surface area contributed by atoms with Gasteiger partial charge in [-0.05, 0) is 17.7 Å². The van der Waals surface area contributed by atoms with Crippen LogP contribution >= 0.6 is 23.2 Å². The highest BCUT2D eigenvalue weighted by molar-refractivity contribution is 6.30. The zero-order valence-electron chi connectivity index (χ0n) is 9.36. The smallest absolute Gasteiger partial charge is 0.125 e. The summed E-state index contributed by atoms with van der Waals surface area (Å²) in [5.74, 6) is 0.710. The quantitative estimate of drug-likeness (QED) is 0.734. The van der Waals surface area contributed by atoms with Gasteiger partial charge in [0.2, 0.25) is 0 Å². The molecule has 0 bridgehead atoms. The molecule has 2 rings (SSSR count). The van der Waals surface area contributed by atoms with E-state index in [1.54, 1.807) is 13.2 Å². The molecule has 17 heavy (non-hydrogen) atoms. The van der Waals surface area contributed by atoms with Crippen LogP contribution in [0.5, 0.6) is 5.75 Å². The number of alkyl halides is 1. The van der Waals surface area contributed by atoms with Crippen LogP contribution in [0.4, 0.5) is 0 Å². The second kappa shape index (κ2) is 5.44. The topological polar surface area (TPSA) is 9.23 Å². The number of halogens is 2. The average molecular weight is 267 g/mol. The lowest BCUT2D eigenvalue weighted by molar-refractivity contribution is 0.410. The lowest BCUT2D eigenvalue weighted by Crippen LogP contribution is -1.97. The second-order valence-corrected chi connectivity index (χ2v) is 4.53. The number of ether oxygens (including phenoxy) is 1. The predicted molar refractivity (Wildman–Crippen MR) is 72.1 cm³/mol. The Balaban J connectivity index is 2.40. The van der Waals surface area contributed by atoms with E-state index in [9.17, 15) is 0 Å². The Morgan fingerprint density at radius 3 is 2.41 bits per heavy atom. The van der Waals surface area contributed by atoms with Crippen LogP contribution in [0.1, 0.15) is 16.5 Å². The molecule has 0 spiro atoms.